The molecular formula is C9H14O. The first kappa shape index (κ1) is 5.59. The van der Waals surface area contributed by atoms with Gasteiger partial charge in [-0.2, -0.15) is 0 Å². The minimum Gasteiger partial charge on any atom is -0.378 e. The Morgan fingerprint density at radius 1 is 1.10 bits per heavy atom. The van der Waals surface area contributed by atoms with Gasteiger partial charge in [0.15, 0.2) is 0 Å². The van der Waals surface area contributed by atoms with E-state index in [1.807, 2.05) is 0 Å². The minimum atomic E-state index is 0.704. The number of rotatable bonds is 0. The third-order valence-electron chi connectivity index (χ3n) is 3.73. The van der Waals surface area contributed by atoms with Gasteiger partial charge in [0.05, 0.1) is 12.7 Å². The van der Waals surface area contributed by atoms with Gasteiger partial charge in [0.1, 0.15) is 0 Å². The molecule has 1 heterocycles. The monoisotopic (exact) mass is 138 g/mol. The highest BCUT2D eigenvalue weighted by Crippen LogP contribution is 2.53. The molecule has 0 aromatic carbocycles. The smallest absolute Gasteiger partial charge is 0.0612 e. The van der Waals surface area contributed by atoms with E-state index in [2.05, 4.69) is 0 Å². The van der Waals surface area contributed by atoms with Gasteiger partial charge >= 0.3 is 0 Å². The van der Waals surface area contributed by atoms with Crippen LogP contribution in [0.25, 0.3) is 0 Å². The van der Waals surface area contributed by atoms with Crippen molar-refractivity contribution in [3.05, 3.63) is 0 Å². The van der Waals surface area contributed by atoms with Gasteiger partial charge in [-0.25, -0.2) is 0 Å². The predicted molar refractivity (Wildman–Crippen MR) is 38.7 cm³/mol. The molecule has 1 aliphatic heterocycles. The maximum atomic E-state index is 5.67. The highest BCUT2D eigenvalue weighted by molar-refractivity contribution is 5.00. The average Bonchev–Trinajstić information content (AvgIpc) is 2.25. The van der Waals surface area contributed by atoms with E-state index < -0.39 is 0 Å². The molecule has 1 saturated heterocycles. The van der Waals surface area contributed by atoms with Crippen molar-refractivity contribution in [2.45, 2.75) is 31.8 Å². The quantitative estimate of drug-likeness (QED) is 0.496. The molecule has 0 spiro atoms. The van der Waals surface area contributed by atoms with Crippen LogP contribution in [0.4, 0.5) is 0 Å². The van der Waals surface area contributed by atoms with E-state index in [0.717, 1.165) is 24.4 Å². The summed E-state index contributed by atoms with van der Waals surface area (Å²) >= 11 is 0. The standard InChI is InChI=1S/C9H14O/c1-2-6-4-8-9(6)7(3-1)5-10-8/h6-9H,1-5H2. The van der Waals surface area contributed by atoms with Crippen molar-refractivity contribution < 1.29 is 4.74 Å². The summed E-state index contributed by atoms with van der Waals surface area (Å²) in [5, 5.41) is 0. The fraction of sp³-hybridized carbons (Fsp3) is 1.00. The molecule has 56 valence electrons. The Hall–Kier alpha value is -0.0400. The van der Waals surface area contributed by atoms with Crippen LogP contribution >= 0.6 is 0 Å². The Balaban J connectivity index is 1.86. The largest absolute Gasteiger partial charge is 0.378 e. The Bertz CT molecular complexity index is 153. The zero-order valence-electron chi connectivity index (χ0n) is 6.25. The van der Waals surface area contributed by atoms with Crippen LogP contribution in [0.15, 0.2) is 0 Å². The second kappa shape index (κ2) is 1.76. The van der Waals surface area contributed by atoms with Crippen LogP contribution in [0.3, 0.4) is 0 Å². The Morgan fingerprint density at radius 2 is 2.00 bits per heavy atom. The summed E-state index contributed by atoms with van der Waals surface area (Å²) in [6.07, 6.45) is 6.53. The van der Waals surface area contributed by atoms with Gasteiger partial charge in [-0.1, -0.05) is 6.42 Å². The van der Waals surface area contributed by atoms with Crippen molar-refractivity contribution in [1.82, 2.24) is 0 Å². The van der Waals surface area contributed by atoms with Gasteiger partial charge in [-0.15, -0.1) is 0 Å². The maximum absolute atomic E-state index is 5.67. The summed E-state index contributed by atoms with van der Waals surface area (Å²) < 4.78 is 5.67. The second-order valence-corrected chi connectivity index (χ2v) is 4.14. The van der Waals surface area contributed by atoms with E-state index in [4.69, 9.17) is 4.74 Å². The van der Waals surface area contributed by atoms with Gasteiger partial charge in [0.25, 0.3) is 0 Å². The molecule has 0 aromatic rings. The summed E-state index contributed by atoms with van der Waals surface area (Å²) in [7, 11) is 0. The Labute approximate surface area is 61.8 Å². The molecule has 3 rings (SSSR count). The lowest BCUT2D eigenvalue weighted by molar-refractivity contribution is -0.0273. The first-order chi connectivity index (χ1) is 4.95. The molecule has 1 heteroatoms. The molecule has 0 radical (unpaired) electrons. The van der Waals surface area contributed by atoms with Gasteiger partial charge in [0, 0.05) is 0 Å². The fourth-order valence-electron chi connectivity index (χ4n) is 3.17. The van der Waals surface area contributed by atoms with Gasteiger partial charge in [0.2, 0.25) is 0 Å². The van der Waals surface area contributed by atoms with Crippen LogP contribution in [0.5, 0.6) is 0 Å². The van der Waals surface area contributed by atoms with Crippen molar-refractivity contribution in [3.63, 3.8) is 0 Å². The molecule has 2 saturated carbocycles. The molecule has 3 fully saturated rings. The van der Waals surface area contributed by atoms with Crippen molar-refractivity contribution in [3.8, 4) is 0 Å². The normalized spacial score (nSPS) is 57.6. The van der Waals surface area contributed by atoms with E-state index in [1.54, 1.807) is 0 Å². The lowest BCUT2D eigenvalue weighted by atomic mass is 9.60. The van der Waals surface area contributed by atoms with Crippen LogP contribution in [0.2, 0.25) is 0 Å². The summed E-state index contributed by atoms with van der Waals surface area (Å²) in [5.74, 6) is 3.05. The van der Waals surface area contributed by atoms with Gasteiger partial charge in [-0.3, -0.25) is 0 Å². The predicted octanol–water partition coefficient (Wildman–Crippen LogP) is 1.82. The third kappa shape index (κ3) is 0.531. The van der Waals surface area contributed by atoms with Crippen molar-refractivity contribution >= 4 is 0 Å². The number of hydrogen-bond acceptors (Lipinski definition) is 1. The van der Waals surface area contributed by atoms with E-state index in [0.29, 0.717) is 6.10 Å². The molecule has 10 heavy (non-hydrogen) atoms. The zero-order valence-corrected chi connectivity index (χ0v) is 6.25. The summed E-state index contributed by atoms with van der Waals surface area (Å²) in [6.45, 7) is 1.09. The average molecular weight is 138 g/mol. The van der Waals surface area contributed by atoms with Crippen LogP contribution in [0.1, 0.15) is 25.7 Å². The second-order valence-electron chi connectivity index (χ2n) is 4.14. The summed E-state index contributed by atoms with van der Waals surface area (Å²) in [6, 6.07) is 0. The number of ether oxygens (including phenoxy) is 1. The fourth-order valence-corrected chi connectivity index (χ4v) is 3.17. The number of hydrogen-bond donors (Lipinski definition) is 0. The molecule has 0 aromatic heterocycles. The molecule has 0 amide bonds. The topological polar surface area (TPSA) is 9.23 Å². The van der Waals surface area contributed by atoms with Crippen molar-refractivity contribution in [2.75, 3.05) is 6.61 Å². The molecule has 4 atom stereocenters. The third-order valence-corrected chi connectivity index (χ3v) is 3.73. The van der Waals surface area contributed by atoms with E-state index in [-0.39, 0.29) is 0 Å². The lowest BCUT2D eigenvalue weighted by Crippen LogP contribution is -2.43. The lowest BCUT2D eigenvalue weighted by Gasteiger charge is -2.44. The SMILES string of the molecule is C1CC2COC3CC(C1)C23. The highest BCUT2D eigenvalue weighted by Gasteiger charge is 2.51. The molecule has 2 aliphatic carbocycles. The molecule has 3 aliphatic rings. The van der Waals surface area contributed by atoms with Crippen LogP contribution < -0.4 is 0 Å². The van der Waals surface area contributed by atoms with Gasteiger partial charge < -0.3 is 4.74 Å². The zero-order chi connectivity index (χ0) is 6.55. The van der Waals surface area contributed by atoms with Crippen LogP contribution in [-0.4, -0.2) is 12.7 Å². The van der Waals surface area contributed by atoms with Crippen molar-refractivity contribution in [1.29, 1.82) is 0 Å². The first-order valence-electron chi connectivity index (χ1n) is 4.57. The van der Waals surface area contributed by atoms with Crippen molar-refractivity contribution in [2.24, 2.45) is 17.8 Å². The molecule has 4 unspecified atom stereocenters. The minimum absolute atomic E-state index is 0.704. The molecule has 1 nitrogen and oxygen atoms in total. The van der Waals surface area contributed by atoms with Gasteiger partial charge in [-0.05, 0) is 37.0 Å². The molecule has 0 bridgehead atoms. The van der Waals surface area contributed by atoms with E-state index in [1.165, 1.54) is 25.7 Å². The maximum Gasteiger partial charge on any atom is 0.0612 e. The van der Waals surface area contributed by atoms with E-state index >= 15 is 0 Å². The molecular weight excluding hydrogens is 124 g/mol. The summed E-state index contributed by atoms with van der Waals surface area (Å²) in [5.41, 5.74) is 0. The Morgan fingerprint density at radius 3 is 2.90 bits per heavy atom. The van der Waals surface area contributed by atoms with Crippen LogP contribution in [0, 0.1) is 17.8 Å². The van der Waals surface area contributed by atoms with E-state index in [9.17, 15) is 0 Å². The Kier molecular flexibility index (Phi) is 0.984. The highest BCUT2D eigenvalue weighted by atomic mass is 16.5. The summed E-state index contributed by atoms with van der Waals surface area (Å²) in [4.78, 5) is 0. The first-order valence-corrected chi connectivity index (χ1v) is 4.57. The van der Waals surface area contributed by atoms with Crippen LogP contribution in [-0.2, 0) is 4.74 Å². The molecule has 0 N–H and O–H groups in total.